The van der Waals surface area contributed by atoms with E-state index >= 15 is 0 Å². The Labute approximate surface area is 86.4 Å². The van der Waals surface area contributed by atoms with Crippen LogP contribution in [0.25, 0.3) is 0 Å². The van der Waals surface area contributed by atoms with E-state index in [1.54, 1.807) is 6.08 Å². The molecule has 4 heteroatoms. The van der Waals surface area contributed by atoms with Crippen LogP contribution in [0.15, 0.2) is 12.7 Å². The van der Waals surface area contributed by atoms with Gasteiger partial charge in [-0.1, -0.05) is 35.6 Å². The molecule has 0 aromatic heterocycles. The van der Waals surface area contributed by atoms with Crippen molar-refractivity contribution >= 4 is 28.7 Å². The third-order valence-corrected chi connectivity index (χ3v) is 1.90. The zero-order valence-corrected chi connectivity index (χ0v) is 9.24. The minimum absolute atomic E-state index is 0.00639. The molecule has 0 fully saturated rings. The minimum atomic E-state index is -0.959. The van der Waals surface area contributed by atoms with Crippen LogP contribution in [0.1, 0.15) is 19.8 Å². The summed E-state index contributed by atoms with van der Waals surface area (Å²) in [5, 5.41) is 10.9. The number of carboxylic acid groups (broad SMARTS) is 1. The first-order chi connectivity index (χ1) is 5.56. The summed E-state index contributed by atoms with van der Waals surface area (Å²) in [7, 11) is 0. The summed E-state index contributed by atoms with van der Waals surface area (Å²) in [6, 6.07) is 0.00639. The maximum absolute atomic E-state index is 10.3. The lowest BCUT2D eigenvalue weighted by molar-refractivity contribution is 0.189. The summed E-state index contributed by atoms with van der Waals surface area (Å²) in [5.74, 6) is 0. The summed E-state index contributed by atoms with van der Waals surface area (Å²) < 4.78 is 0.472. The molecular formula is C8H14INO2. The first-order valence-electron chi connectivity index (χ1n) is 3.80. The van der Waals surface area contributed by atoms with E-state index in [0.717, 1.165) is 6.42 Å². The maximum atomic E-state index is 10.3. The Morgan fingerprint density at radius 3 is 2.75 bits per heavy atom. The highest BCUT2D eigenvalue weighted by atomic mass is 127. The van der Waals surface area contributed by atoms with Gasteiger partial charge in [0.25, 0.3) is 0 Å². The zero-order valence-electron chi connectivity index (χ0n) is 7.09. The van der Waals surface area contributed by atoms with Crippen molar-refractivity contribution in [1.29, 1.82) is 0 Å². The molecule has 0 aromatic carbocycles. The molecule has 0 radical (unpaired) electrons. The maximum Gasteiger partial charge on any atom is 0.404 e. The topological polar surface area (TPSA) is 49.3 Å². The van der Waals surface area contributed by atoms with Gasteiger partial charge < -0.3 is 10.4 Å². The summed E-state index contributed by atoms with van der Waals surface area (Å²) in [5.41, 5.74) is 0. The molecular weight excluding hydrogens is 269 g/mol. The molecule has 3 nitrogen and oxygen atoms in total. The zero-order chi connectivity index (χ0) is 9.56. The van der Waals surface area contributed by atoms with Crippen molar-refractivity contribution in [2.45, 2.75) is 29.7 Å². The molecule has 2 N–H and O–H groups in total. The van der Waals surface area contributed by atoms with E-state index in [2.05, 4.69) is 41.4 Å². The van der Waals surface area contributed by atoms with Crippen molar-refractivity contribution in [2.24, 2.45) is 0 Å². The highest BCUT2D eigenvalue weighted by Crippen LogP contribution is 2.10. The first-order valence-corrected chi connectivity index (χ1v) is 5.05. The van der Waals surface area contributed by atoms with Crippen LogP contribution in [0.4, 0.5) is 4.79 Å². The van der Waals surface area contributed by atoms with Gasteiger partial charge in [-0.3, -0.25) is 0 Å². The normalized spacial score (nSPS) is 14.8. The number of amides is 1. The number of hydrogen-bond donors (Lipinski definition) is 2. The molecule has 0 rings (SSSR count). The third-order valence-electron chi connectivity index (χ3n) is 1.39. The molecule has 0 bridgehead atoms. The standard InChI is InChI=1S/C8H14INO2/c1-3-4-7(5-6(2)9)10-8(11)12/h3,6-7,10H,1,4-5H2,2H3,(H,11,12). The third kappa shape index (κ3) is 6.45. The molecule has 0 aromatic rings. The number of halogens is 1. The average Bonchev–Trinajstić information content (AvgIpc) is 1.84. The van der Waals surface area contributed by atoms with E-state index in [0.29, 0.717) is 10.3 Å². The second kappa shape index (κ2) is 6.28. The van der Waals surface area contributed by atoms with Crippen molar-refractivity contribution < 1.29 is 9.90 Å². The molecule has 12 heavy (non-hydrogen) atoms. The Morgan fingerprint density at radius 1 is 1.83 bits per heavy atom. The van der Waals surface area contributed by atoms with E-state index in [-0.39, 0.29) is 6.04 Å². The second-order valence-electron chi connectivity index (χ2n) is 2.69. The second-order valence-corrected chi connectivity index (χ2v) is 4.81. The fraction of sp³-hybridized carbons (Fsp3) is 0.625. The van der Waals surface area contributed by atoms with Gasteiger partial charge in [-0.05, 0) is 12.8 Å². The van der Waals surface area contributed by atoms with Crippen LogP contribution in [-0.2, 0) is 0 Å². The predicted molar refractivity (Wildman–Crippen MR) is 57.9 cm³/mol. The highest BCUT2D eigenvalue weighted by Gasteiger charge is 2.11. The van der Waals surface area contributed by atoms with Gasteiger partial charge >= 0.3 is 6.09 Å². The van der Waals surface area contributed by atoms with E-state index in [1.165, 1.54) is 0 Å². The number of nitrogens with one attached hydrogen (secondary N) is 1. The summed E-state index contributed by atoms with van der Waals surface area (Å²) in [4.78, 5) is 10.3. The highest BCUT2D eigenvalue weighted by molar-refractivity contribution is 14.1. The minimum Gasteiger partial charge on any atom is -0.465 e. The SMILES string of the molecule is C=CCC(CC(C)I)NC(=O)O. The van der Waals surface area contributed by atoms with Crippen molar-refractivity contribution in [2.75, 3.05) is 0 Å². The summed E-state index contributed by atoms with van der Waals surface area (Å²) >= 11 is 2.28. The quantitative estimate of drug-likeness (QED) is 0.462. The van der Waals surface area contributed by atoms with Gasteiger partial charge in [0.15, 0.2) is 0 Å². The Kier molecular flexibility index (Phi) is 6.14. The molecule has 0 saturated heterocycles. The van der Waals surface area contributed by atoms with Crippen LogP contribution >= 0.6 is 22.6 Å². The van der Waals surface area contributed by atoms with Gasteiger partial charge in [0, 0.05) is 9.97 Å². The smallest absolute Gasteiger partial charge is 0.404 e. The Bertz CT molecular complexity index is 159. The average molecular weight is 283 g/mol. The largest absolute Gasteiger partial charge is 0.465 e. The molecule has 2 atom stereocenters. The molecule has 0 aliphatic heterocycles. The fourth-order valence-electron chi connectivity index (χ4n) is 0.982. The van der Waals surface area contributed by atoms with E-state index in [9.17, 15) is 4.79 Å². The van der Waals surface area contributed by atoms with E-state index in [4.69, 9.17) is 5.11 Å². The number of rotatable bonds is 5. The monoisotopic (exact) mass is 283 g/mol. The Balaban J connectivity index is 3.85. The lowest BCUT2D eigenvalue weighted by atomic mass is 10.1. The molecule has 0 aliphatic carbocycles. The predicted octanol–water partition coefficient (Wildman–Crippen LogP) is 2.41. The van der Waals surface area contributed by atoms with Crippen LogP contribution in [-0.4, -0.2) is 21.2 Å². The van der Waals surface area contributed by atoms with Crippen LogP contribution in [0.2, 0.25) is 0 Å². The Hall–Kier alpha value is -0.260. The number of alkyl halides is 1. The van der Waals surface area contributed by atoms with Crippen molar-refractivity contribution in [3.8, 4) is 0 Å². The van der Waals surface area contributed by atoms with Gasteiger partial charge in [-0.15, -0.1) is 6.58 Å². The Morgan fingerprint density at radius 2 is 2.42 bits per heavy atom. The van der Waals surface area contributed by atoms with Gasteiger partial charge in [0.05, 0.1) is 0 Å². The van der Waals surface area contributed by atoms with Crippen LogP contribution < -0.4 is 5.32 Å². The molecule has 1 amide bonds. The van der Waals surface area contributed by atoms with Crippen molar-refractivity contribution in [1.82, 2.24) is 5.32 Å². The fourth-order valence-corrected chi connectivity index (χ4v) is 1.60. The molecule has 0 spiro atoms. The van der Waals surface area contributed by atoms with Gasteiger partial charge in [0.1, 0.15) is 0 Å². The summed E-state index contributed by atoms with van der Waals surface area (Å²) in [6.45, 7) is 5.64. The summed E-state index contributed by atoms with van der Waals surface area (Å²) in [6.07, 6.45) is 2.32. The lowest BCUT2D eigenvalue weighted by Gasteiger charge is -2.15. The van der Waals surface area contributed by atoms with Crippen LogP contribution in [0, 0.1) is 0 Å². The van der Waals surface area contributed by atoms with Gasteiger partial charge in [-0.2, -0.15) is 0 Å². The van der Waals surface area contributed by atoms with E-state index in [1.807, 2.05) is 0 Å². The van der Waals surface area contributed by atoms with E-state index < -0.39 is 6.09 Å². The molecule has 70 valence electrons. The van der Waals surface area contributed by atoms with Gasteiger partial charge in [-0.25, -0.2) is 4.79 Å². The number of carbonyl (C=O) groups is 1. The molecule has 0 heterocycles. The molecule has 0 saturated carbocycles. The van der Waals surface area contributed by atoms with Gasteiger partial charge in [0.2, 0.25) is 0 Å². The van der Waals surface area contributed by atoms with Crippen molar-refractivity contribution in [3.63, 3.8) is 0 Å². The molecule has 0 aliphatic rings. The van der Waals surface area contributed by atoms with Crippen LogP contribution in [0.5, 0.6) is 0 Å². The number of hydrogen-bond acceptors (Lipinski definition) is 1. The first kappa shape index (κ1) is 11.7. The molecule has 2 unspecified atom stereocenters. The van der Waals surface area contributed by atoms with Crippen LogP contribution in [0.3, 0.4) is 0 Å². The lowest BCUT2D eigenvalue weighted by Crippen LogP contribution is -2.34. The van der Waals surface area contributed by atoms with Crippen molar-refractivity contribution in [3.05, 3.63) is 12.7 Å².